The van der Waals surface area contributed by atoms with E-state index in [0.29, 0.717) is 3.92 Å². The molecule has 6 heteroatoms. The minimum absolute atomic E-state index is 0.0300. The average molecular weight is 490 g/mol. The van der Waals surface area contributed by atoms with Gasteiger partial charge in [-0.25, -0.2) is 4.79 Å². The van der Waals surface area contributed by atoms with Gasteiger partial charge in [0.25, 0.3) is 0 Å². The predicted molar refractivity (Wildman–Crippen MR) is 114 cm³/mol. The Morgan fingerprint density at radius 2 is 2.11 bits per heavy atom. The van der Waals surface area contributed by atoms with Gasteiger partial charge in [-0.1, -0.05) is 40.8 Å². The van der Waals surface area contributed by atoms with Gasteiger partial charge in [0.15, 0.2) is 5.79 Å². The van der Waals surface area contributed by atoms with E-state index in [1.807, 2.05) is 19.9 Å². The third kappa shape index (κ3) is 7.00. The van der Waals surface area contributed by atoms with E-state index in [1.54, 1.807) is 6.08 Å². The van der Waals surface area contributed by atoms with Crippen molar-refractivity contribution in [2.45, 2.75) is 80.1 Å². The van der Waals surface area contributed by atoms with Crippen molar-refractivity contribution >= 4 is 28.6 Å². The van der Waals surface area contributed by atoms with Crippen LogP contribution < -0.4 is 0 Å². The third-order valence-corrected chi connectivity index (χ3v) is 6.15. The molecule has 0 saturated carbocycles. The lowest BCUT2D eigenvalue weighted by Crippen LogP contribution is -2.35. The zero-order valence-electron chi connectivity index (χ0n) is 16.4. The molecule has 2 fully saturated rings. The number of esters is 1. The van der Waals surface area contributed by atoms with Gasteiger partial charge in [0.05, 0.1) is 19.3 Å². The van der Waals surface area contributed by atoms with E-state index in [2.05, 4.69) is 46.1 Å². The minimum atomic E-state index is -0.698. The largest absolute Gasteiger partial charge is 0.466 e. The second-order valence-electron chi connectivity index (χ2n) is 7.33. The Kier molecular flexibility index (Phi) is 8.98. The van der Waals surface area contributed by atoms with Crippen molar-refractivity contribution in [1.29, 1.82) is 0 Å². The van der Waals surface area contributed by atoms with Gasteiger partial charge in [0, 0.05) is 10.0 Å². The molecular weight excluding hydrogens is 459 g/mol. The average Bonchev–Trinajstić information content (AvgIpc) is 3.23. The first-order valence-electron chi connectivity index (χ1n) is 9.53. The van der Waals surface area contributed by atoms with Gasteiger partial charge < -0.3 is 18.9 Å². The Labute approximate surface area is 176 Å². The molecule has 152 valence electrons. The number of allylic oxidation sites excluding steroid dienone is 3. The Balaban J connectivity index is 1.90. The summed E-state index contributed by atoms with van der Waals surface area (Å²) in [6.45, 7) is 7.49. The molecule has 0 aromatic rings. The minimum Gasteiger partial charge on any atom is -0.466 e. The van der Waals surface area contributed by atoms with Crippen LogP contribution in [-0.2, 0) is 23.7 Å². The fraction of sp³-hybridized carbons (Fsp3) is 0.667. The highest BCUT2D eigenvalue weighted by molar-refractivity contribution is 14.1. The third-order valence-electron chi connectivity index (χ3n) is 4.72. The maximum atomic E-state index is 11.4. The van der Waals surface area contributed by atoms with Crippen LogP contribution in [0.4, 0.5) is 0 Å². The van der Waals surface area contributed by atoms with Gasteiger partial charge in [-0.2, -0.15) is 0 Å². The number of alkyl halides is 1. The molecule has 0 bridgehead atoms. The summed E-state index contributed by atoms with van der Waals surface area (Å²) in [5.41, 5.74) is 0. The molecule has 2 aliphatic heterocycles. The summed E-state index contributed by atoms with van der Waals surface area (Å²) in [6, 6.07) is 0. The summed E-state index contributed by atoms with van der Waals surface area (Å²) in [5, 5.41) is 0. The number of hydrogen-bond donors (Lipinski definition) is 0. The number of ether oxygens (including phenoxy) is 4. The SMILES string of the molecule is C=CC/C=C/CC[C@@H](I)[C@H]1CC[C@H]([C@H]2OC(C)(C)O[C@H]2/C=C/C(=O)OC)O1. The number of halogens is 1. The maximum Gasteiger partial charge on any atom is 0.330 e. The predicted octanol–water partition coefficient (Wildman–Crippen LogP) is 4.50. The van der Waals surface area contributed by atoms with Gasteiger partial charge in [-0.05, 0) is 52.0 Å². The van der Waals surface area contributed by atoms with Crippen molar-refractivity contribution in [3.8, 4) is 0 Å². The van der Waals surface area contributed by atoms with Gasteiger partial charge in [0.2, 0.25) is 0 Å². The molecule has 2 rings (SSSR count). The van der Waals surface area contributed by atoms with Crippen LogP contribution in [-0.4, -0.2) is 47.2 Å². The Hall–Kier alpha value is -0.700. The second kappa shape index (κ2) is 10.7. The number of carbonyl (C=O) groups is 1. The standard InChI is InChI=1S/C21H31IO5/c1-5-6-7-8-9-10-15(22)16-11-12-17(25-16)20-18(13-14-19(23)24-4)26-21(2,3)27-20/h5,7-8,13-18,20H,1,6,9-12H2,2-4H3/b8-7+,14-13+/t15-,16-,17-,18+,20-/m1/s1. The summed E-state index contributed by atoms with van der Waals surface area (Å²) in [6.07, 6.45) is 14.0. The van der Waals surface area contributed by atoms with Crippen molar-refractivity contribution in [2.75, 3.05) is 7.11 Å². The molecular formula is C21H31IO5. The zero-order valence-corrected chi connectivity index (χ0v) is 18.6. The molecule has 0 radical (unpaired) electrons. The smallest absolute Gasteiger partial charge is 0.330 e. The zero-order chi connectivity index (χ0) is 19.9. The molecule has 0 unspecified atom stereocenters. The van der Waals surface area contributed by atoms with E-state index in [9.17, 15) is 4.79 Å². The van der Waals surface area contributed by atoms with Gasteiger partial charge in [0.1, 0.15) is 12.2 Å². The lowest BCUT2D eigenvalue weighted by molar-refractivity contribution is -0.156. The molecule has 0 aromatic carbocycles. The Bertz CT molecular complexity index is 557. The Morgan fingerprint density at radius 1 is 1.33 bits per heavy atom. The molecule has 2 saturated heterocycles. The lowest BCUT2D eigenvalue weighted by Gasteiger charge is -2.24. The topological polar surface area (TPSA) is 54.0 Å². The molecule has 0 aliphatic carbocycles. The fourth-order valence-electron chi connectivity index (χ4n) is 3.44. The second-order valence-corrected chi connectivity index (χ2v) is 8.93. The van der Waals surface area contributed by atoms with E-state index in [4.69, 9.17) is 14.2 Å². The van der Waals surface area contributed by atoms with Gasteiger partial charge >= 0.3 is 5.97 Å². The van der Waals surface area contributed by atoms with Crippen molar-refractivity contribution in [1.82, 2.24) is 0 Å². The molecule has 0 amide bonds. The maximum absolute atomic E-state index is 11.4. The first-order chi connectivity index (χ1) is 12.9. The molecule has 5 nitrogen and oxygen atoms in total. The number of carbonyl (C=O) groups excluding carboxylic acids is 1. The van der Waals surface area contributed by atoms with Crippen LogP contribution >= 0.6 is 22.6 Å². The first-order valence-corrected chi connectivity index (χ1v) is 10.8. The molecule has 2 heterocycles. The number of methoxy groups -OCH3 is 1. The van der Waals surface area contributed by atoms with Crippen molar-refractivity contribution in [3.05, 3.63) is 37.0 Å². The highest BCUT2D eigenvalue weighted by Gasteiger charge is 2.47. The molecule has 27 heavy (non-hydrogen) atoms. The van der Waals surface area contributed by atoms with E-state index in [0.717, 1.165) is 32.1 Å². The normalized spacial score (nSPS) is 31.6. The van der Waals surface area contributed by atoms with Crippen LogP contribution in [0.15, 0.2) is 37.0 Å². The van der Waals surface area contributed by atoms with Crippen molar-refractivity contribution < 1.29 is 23.7 Å². The number of hydrogen-bond acceptors (Lipinski definition) is 5. The van der Waals surface area contributed by atoms with Crippen LogP contribution in [0.5, 0.6) is 0 Å². The summed E-state index contributed by atoms with van der Waals surface area (Å²) < 4.78 is 23.5. The van der Waals surface area contributed by atoms with E-state index in [1.165, 1.54) is 13.2 Å². The van der Waals surface area contributed by atoms with Crippen molar-refractivity contribution in [3.63, 3.8) is 0 Å². The van der Waals surface area contributed by atoms with E-state index in [-0.39, 0.29) is 24.4 Å². The van der Waals surface area contributed by atoms with E-state index < -0.39 is 11.8 Å². The summed E-state index contributed by atoms with van der Waals surface area (Å²) in [5.74, 6) is -1.10. The van der Waals surface area contributed by atoms with Crippen LogP contribution in [0.2, 0.25) is 0 Å². The molecule has 0 spiro atoms. The van der Waals surface area contributed by atoms with Crippen LogP contribution in [0.25, 0.3) is 0 Å². The molecule has 0 N–H and O–H groups in total. The van der Waals surface area contributed by atoms with E-state index >= 15 is 0 Å². The molecule has 0 aromatic heterocycles. The highest BCUT2D eigenvalue weighted by Crippen LogP contribution is 2.38. The van der Waals surface area contributed by atoms with Gasteiger partial charge in [-0.3, -0.25) is 0 Å². The fourth-order valence-corrected chi connectivity index (χ4v) is 4.33. The molecule has 5 atom stereocenters. The lowest BCUT2D eigenvalue weighted by atomic mass is 10.0. The number of rotatable bonds is 9. The quantitative estimate of drug-likeness (QED) is 0.157. The summed E-state index contributed by atoms with van der Waals surface area (Å²) >= 11 is 2.49. The van der Waals surface area contributed by atoms with Crippen LogP contribution in [0.1, 0.15) is 46.0 Å². The Morgan fingerprint density at radius 3 is 2.81 bits per heavy atom. The van der Waals surface area contributed by atoms with Crippen LogP contribution in [0, 0.1) is 0 Å². The summed E-state index contributed by atoms with van der Waals surface area (Å²) in [4.78, 5) is 11.4. The van der Waals surface area contributed by atoms with Crippen molar-refractivity contribution in [2.24, 2.45) is 0 Å². The summed E-state index contributed by atoms with van der Waals surface area (Å²) in [7, 11) is 1.36. The monoisotopic (exact) mass is 490 g/mol. The van der Waals surface area contributed by atoms with Gasteiger partial charge in [-0.15, -0.1) is 6.58 Å². The first kappa shape index (κ1) is 22.6. The highest BCUT2D eigenvalue weighted by atomic mass is 127. The molecule has 2 aliphatic rings. The van der Waals surface area contributed by atoms with Crippen LogP contribution in [0.3, 0.4) is 0 Å².